The number of nitrogens with one attached hydrogen (secondary N) is 1. The number of amides is 1. The Morgan fingerprint density at radius 1 is 1.29 bits per heavy atom. The molecule has 17 heavy (non-hydrogen) atoms. The normalized spacial score (nSPS) is 13.8. The van der Waals surface area contributed by atoms with Crippen LogP contribution in [-0.2, 0) is 9.59 Å². The number of aliphatic hydroxyl groups excluding tert-OH is 1. The molecule has 5 nitrogen and oxygen atoms in total. The molecule has 0 aliphatic carbocycles. The Morgan fingerprint density at radius 3 is 2.35 bits per heavy atom. The molecule has 0 spiro atoms. The van der Waals surface area contributed by atoms with E-state index in [0.717, 1.165) is 5.56 Å². The predicted octanol–water partition coefficient (Wildman–Crippen LogP) is 0.352. The highest BCUT2D eigenvalue weighted by molar-refractivity contribution is 5.87. The zero-order valence-electron chi connectivity index (χ0n) is 9.46. The Hall–Kier alpha value is -1.88. The lowest BCUT2D eigenvalue weighted by molar-refractivity contribution is -0.143. The molecule has 1 aromatic rings. The summed E-state index contributed by atoms with van der Waals surface area (Å²) in [4.78, 5) is 22.4. The van der Waals surface area contributed by atoms with E-state index < -0.39 is 30.4 Å². The van der Waals surface area contributed by atoms with Crippen LogP contribution in [0.25, 0.3) is 0 Å². The molecule has 2 atom stereocenters. The number of carboxylic acid groups (broad SMARTS) is 1. The minimum atomic E-state index is -1.26. The summed E-state index contributed by atoms with van der Waals surface area (Å²) in [6.45, 7) is 1.06. The van der Waals surface area contributed by atoms with Gasteiger partial charge >= 0.3 is 5.97 Å². The van der Waals surface area contributed by atoms with Crippen LogP contribution >= 0.6 is 0 Å². The highest BCUT2D eigenvalue weighted by Gasteiger charge is 2.22. The number of carbonyl (C=O) groups excluding carboxylic acids is 1. The molecule has 0 aromatic heterocycles. The summed E-state index contributed by atoms with van der Waals surface area (Å²) in [5.74, 6) is -2.12. The summed E-state index contributed by atoms with van der Waals surface area (Å²) in [5.41, 5.74) is 0.798. The molecule has 0 aliphatic rings. The van der Waals surface area contributed by atoms with Gasteiger partial charge in [-0.1, -0.05) is 30.3 Å². The molecule has 0 aliphatic heterocycles. The molecular weight excluding hydrogens is 222 g/mol. The van der Waals surface area contributed by atoms with Crippen molar-refractivity contribution in [2.24, 2.45) is 0 Å². The molecule has 0 saturated heterocycles. The fourth-order valence-electron chi connectivity index (χ4n) is 1.38. The van der Waals surface area contributed by atoms with Gasteiger partial charge in [-0.15, -0.1) is 0 Å². The van der Waals surface area contributed by atoms with E-state index in [0.29, 0.717) is 0 Å². The average Bonchev–Trinajstić information content (AvgIpc) is 2.35. The van der Waals surface area contributed by atoms with Gasteiger partial charge in [-0.2, -0.15) is 0 Å². The minimum absolute atomic E-state index is 0.419. The van der Waals surface area contributed by atoms with Crippen molar-refractivity contribution in [3.05, 3.63) is 35.9 Å². The third-order valence-corrected chi connectivity index (χ3v) is 2.49. The number of hydrogen-bond donors (Lipinski definition) is 3. The van der Waals surface area contributed by atoms with Crippen molar-refractivity contribution in [3.8, 4) is 0 Å². The maximum absolute atomic E-state index is 11.7. The molecule has 1 aromatic carbocycles. The van der Waals surface area contributed by atoms with Crippen LogP contribution < -0.4 is 5.32 Å². The number of hydrogen-bond acceptors (Lipinski definition) is 3. The van der Waals surface area contributed by atoms with Gasteiger partial charge in [0.1, 0.15) is 6.04 Å². The zero-order valence-corrected chi connectivity index (χ0v) is 9.46. The van der Waals surface area contributed by atoms with Crippen LogP contribution in [0.1, 0.15) is 18.4 Å². The maximum atomic E-state index is 11.7. The third-order valence-electron chi connectivity index (χ3n) is 2.49. The lowest BCUT2D eigenvalue weighted by atomic mass is 10.0. The maximum Gasteiger partial charge on any atom is 0.328 e. The van der Waals surface area contributed by atoms with E-state index in [1.807, 2.05) is 6.07 Å². The molecule has 0 saturated carbocycles. The largest absolute Gasteiger partial charge is 0.480 e. The zero-order chi connectivity index (χ0) is 12.8. The SMILES string of the molecule is CC(C(=O)N[C@@H](CO)C(=O)O)c1ccccc1. The molecule has 92 valence electrons. The number of carboxylic acids is 1. The molecule has 3 N–H and O–H groups in total. The molecule has 5 heteroatoms. The van der Waals surface area contributed by atoms with Crippen LogP contribution in [0.3, 0.4) is 0 Å². The molecule has 1 rings (SSSR count). The van der Waals surface area contributed by atoms with Crippen molar-refractivity contribution in [1.82, 2.24) is 5.32 Å². The summed E-state index contributed by atoms with van der Waals surface area (Å²) in [6, 6.07) is 7.77. The van der Waals surface area contributed by atoms with Gasteiger partial charge in [-0.05, 0) is 12.5 Å². The number of carbonyl (C=O) groups is 2. The Labute approximate surface area is 99.1 Å². The Kier molecular flexibility index (Phi) is 4.66. The lowest BCUT2D eigenvalue weighted by Crippen LogP contribution is -2.44. The molecular formula is C12H15NO4. The second-order valence-corrected chi connectivity index (χ2v) is 3.71. The summed E-state index contributed by atoms with van der Waals surface area (Å²) in [6.07, 6.45) is 0. The van der Waals surface area contributed by atoms with Gasteiger partial charge in [0, 0.05) is 0 Å². The van der Waals surface area contributed by atoms with E-state index >= 15 is 0 Å². The number of rotatable bonds is 5. The quantitative estimate of drug-likeness (QED) is 0.689. The van der Waals surface area contributed by atoms with Crippen molar-refractivity contribution in [1.29, 1.82) is 0 Å². The monoisotopic (exact) mass is 237 g/mol. The Morgan fingerprint density at radius 2 is 1.88 bits per heavy atom. The summed E-state index contributed by atoms with van der Waals surface area (Å²) < 4.78 is 0. The van der Waals surface area contributed by atoms with Gasteiger partial charge in [-0.3, -0.25) is 4.79 Å². The minimum Gasteiger partial charge on any atom is -0.480 e. The third kappa shape index (κ3) is 3.57. The van der Waals surface area contributed by atoms with Gasteiger partial charge in [0.25, 0.3) is 0 Å². The van der Waals surface area contributed by atoms with Crippen molar-refractivity contribution in [2.45, 2.75) is 18.9 Å². The molecule has 0 fully saturated rings. The fraction of sp³-hybridized carbons (Fsp3) is 0.333. The van der Waals surface area contributed by atoms with Crippen LogP contribution in [0, 0.1) is 0 Å². The molecule has 1 unspecified atom stereocenters. The smallest absolute Gasteiger partial charge is 0.328 e. The second kappa shape index (κ2) is 6.00. The molecule has 0 bridgehead atoms. The van der Waals surface area contributed by atoms with Gasteiger partial charge in [0.2, 0.25) is 5.91 Å². The van der Waals surface area contributed by atoms with E-state index in [1.165, 1.54) is 0 Å². The highest BCUT2D eigenvalue weighted by Crippen LogP contribution is 2.14. The Balaban J connectivity index is 2.68. The van der Waals surface area contributed by atoms with E-state index in [2.05, 4.69) is 5.32 Å². The summed E-state index contributed by atoms with van der Waals surface area (Å²) in [7, 11) is 0. The van der Waals surface area contributed by atoms with Crippen LogP contribution in [0.2, 0.25) is 0 Å². The molecule has 0 heterocycles. The van der Waals surface area contributed by atoms with E-state index in [9.17, 15) is 9.59 Å². The van der Waals surface area contributed by atoms with Crippen LogP contribution in [0.5, 0.6) is 0 Å². The highest BCUT2D eigenvalue weighted by atomic mass is 16.4. The second-order valence-electron chi connectivity index (χ2n) is 3.71. The van der Waals surface area contributed by atoms with Crippen LogP contribution in [0.4, 0.5) is 0 Å². The fourth-order valence-corrected chi connectivity index (χ4v) is 1.38. The van der Waals surface area contributed by atoms with E-state index in [4.69, 9.17) is 10.2 Å². The number of aliphatic carboxylic acids is 1. The van der Waals surface area contributed by atoms with Crippen LogP contribution in [0.15, 0.2) is 30.3 Å². The number of benzene rings is 1. The lowest BCUT2D eigenvalue weighted by Gasteiger charge is -2.16. The average molecular weight is 237 g/mol. The molecule has 1 amide bonds. The van der Waals surface area contributed by atoms with Gasteiger partial charge in [-0.25, -0.2) is 4.79 Å². The Bertz CT molecular complexity index is 391. The summed E-state index contributed by atoms with van der Waals surface area (Å²) >= 11 is 0. The first kappa shape index (κ1) is 13.2. The van der Waals surface area contributed by atoms with Crippen LogP contribution in [-0.4, -0.2) is 34.7 Å². The first-order valence-corrected chi connectivity index (χ1v) is 5.25. The number of aliphatic hydroxyl groups is 1. The van der Waals surface area contributed by atoms with Crippen molar-refractivity contribution in [2.75, 3.05) is 6.61 Å². The topological polar surface area (TPSA) is 86.6 Å². The predicted molar refractivity (Wildman–Crippen MR) is 61.5 cm³/mol. The molecule has 0 radical (unpaired) electrons. The summed E-state index contributed by atoms with van der Waals surface area (Å²) in [5, 5.41) is 19.8. The van der Waals surface area contributed by atoms with Crippen molar-refractivity contribution in [3.63, 3.8) is 0 Å². The van der Waals surface area contributed by atoms with Gasteiger partial charge < -0.3 is 15.5 Å². The first-order chi connectivity index (χ1) is 8.06. The van der Waals surface area contributed by atoms with Crippen molar-refractivity contribution >= 4 is 11.9 Å². The van der Waals surface area contributed by atoms with Crippen molar-refractivity contribution < 1.29 is 19.8 Å². The van der Waals surface area contributed by atoms with Gasteiger partial charge in [0.05, 0.1) is 12.5 Å². The first-order valence-electron chi connectivity index (χ1n) is 5.25. The van der Waals surface area contributed by atoms with E-state index in [-0.39, 0.29) is 0 Å². The van der Waals surface area contributed by atoms with Gasteiger partial charge in [0.15, 0.2) is 0 Å². The van der Waals surface area contributed by atoms with E-state index in [1.54, 1.807) is 31.2 Å². The standard InChI is InChI=1S/C12H15NO4/c1-8(9-5-3-2-4-6-9)11(15)13-10(7-14)12(16)17/h2-6,8,10,14H,7H2,1H3,(H,13,15)(H,16,17)/t8?,10-/m0/s1.